The first-order valence-corrected chi connectivity index (χ1v) is 5.52. The third kappa shape index (κ3) is 2.22. The van der Waals surface area contributed by atoms with Gasteiger partial charge in [0.15, 0.2) is 11.5 Å². The van der Waals surface area contributed by atoms with E-state index >= 15 is 0 Å². The lowest BCUT2D eigenvalue weighted by Gasteiger charge is -2.33. The summed E-state index contributed by atoms with van der Waals surface area (Å²) < 4.78 is 54.0. The van der Waals surface area contributed by atoms with Gasteiger partial charge >= 0.3 is 6.18 Å². The molecule has 0 saturated carbocycles. The molecule has 0 fully saturated rings. The summed E-state index contributed by atoms with van der Waals surface area (Å²) in [6, 6.07) is 2.96. The van der Waals surface area contributed by atoms with Crippen LogP contribution in [0.3, 0.4) is 0 Å². The molecular formula is C13H13F3O3. The quantitative estimate of drug-likeness (QED) is 0.827. The summed E-state index contributed by atoms with van der Waals surface area (Å²) in [4.78, 5) is 0. The average Bonchev–Trinajstić information content (AvgIpc) is 2.35. The van der Waals surface area contributed by atoms with Crippen molar-refractivity contribution in [1.29, 1.82) is 0 Å². The molecule has 0 bridgehead atoms. The second kappa shape index (κ2) is 4.36. The first kappa shape index (κ1) is 13.6. The number of benzene rings is 1. The van der Waals surface area contributed by atoms with Gasteiger partial charge in [0.2, 0.25) is 5.60 Å². The molecule has 1 aliphatic rings. The van der Waals surface area contributed by atoms with Crippen LogP contribution in [-0.2, 0) is 0 Å². The van der Waals surface area contributed by atoms with Gasteiger partial charge in [0.25, 0.3) is 0 Å². The molecule has 0 amide bonds. The molecule has 3 nitrogen and oxygen atoms in total. The zero-order valence-electron chi connectivity index (χ0n) is 10.7. The molecular weight excluding hydrogens is 261 g/mol. The van der Waals surface area contributed by atoms with Crippen molar-refractivity contribution in [2.24, 2.45) is 0 Å². The van der Waals surface area contributed by atoms with Gasteiger partial charge in [-0.1, -0.05) is 6.08 Å². The molecule has 0 spiro atoms. The normalized spacial score (nSPS) is 21.6. The number of ether oxygens (including phenoxy) is 3. The monoisotopic (exact) mass is 274 g/mol. The second-order valence-electron chi connectivity index (χ2n) is 4.29. The number of rotatable bonds is 2. The number of methoxy groups -OCH3 is 2. The molecule has 1 aliphatic heterocycles. The minimum absolute atomic E-state index is 0.111. The fourth-order valence-electron chi connectivity index (χ4n) is 1.76. The first-order chi connectivity index (χ1) is 8.80. The smallest absolute Gasteiger partial charge is 0.431 e. The third-order valence-electron chi connectivity index (χ3n) is 2.98. The van der Waals surface area contributed by atoms with Crippen LogP contribution >= 0.6 is 0 Å². The number of hydrogen-bond acceptors (Lipinski definition) is 3. The van der Waals surface area contributed by atoms with Crippen LogP contribution in [-0.4, -0.2) is 26.0 Å². The Balaban J connectivity index is 2.47. The largest absolute Gasteiger partial charge is 0.493 e. The van der Waals surface area contributed by atoms with Gasteiger partial charge in [-0.05, 0) is 19.1 Å². The molecule has 2 rings (SSSR count). The van der Waals surface area contributed by atoms with Crippen LogP contribution in [0.5, 0.6) is 17.2 Å². The molecule has 6 heteroatoms. The lowest BCUT2D eigenvalue weighted by molar-refractivity contribution is -0.222. The van der Waals surface area contributed by atoms with Crippen molar-refractivity contribution in [3.63, 3.8) is 0 Å². The van der Waals surface area contributed by atoms with Crippen LogP contribution in [0.25, 0.3) is 6.08 Å². The fraction of sp³-hybridized carbons (Fsp3) is 0.385. The van der Waals surface area contributed by atoms with Gasteiger partial charge in [0.1, 0.15) is 5.75 Å². The van der Waals surface area contributed by atoms with Gasteiger partial charge in [0.05, 0.1) is 14.2 Å². The van der Waals surface area contributed by atoms with Crippen LogP contribution in [0.15, 0.2) is 18.2 Å². The number of alkyl halides is 3. The van der Waals surface area contributed by atoms with Crippen molar-refractivity contribution < 1.29 is 27.4 Å². The van der Waals surface area contributed by atoms with Gasteiger partial charge in [0, 0.05) is 11.6 Å². The van der Waals surface area contributed by atoms with Crippen molar-refractivity contribution >= 4 is 6.08 Å². The summed E-state index contributed by atoms with van der Waals surface area (Å²) in [5, 5.41) is 0. The second-order valence-corrected chi connectivity index (χ2v) is 4.29. The molecule has 0 aliphatic carbocycles. The topological polar surface area (TPSA) is 27.7 Å². The van der Waals surface area contributed by atoms with Gasteiger partial charge in [-0.3, -0.25) is 0 Å². The highest BCUT2D eigenvalue weighted by Crippen LogP contribution is 2.44. The highest BCUT2D eigenvalue weighted by Gasteiger charge is 2.53. The Morgan fingerprint density at radius 1 is 1.11 bits per heavy atom. The highest BCUT2D eigenvalue weighted by molar-refractivity contribution is 5.66. The van der Waals surface area contributed by atoms with Crippen LogP contribution in [0.4, 0.5) is 13.2 Å². The summed E-state index contributed by atoms with van der Waals surface area (Å²) in [5.74, 6) is 0.867. The van der Waals surface area contributed by atoms with E-state index in [1.807, 2.05) is 0 Å². The van der Waals surface area contributed by atoms with E-state index in [0.29, 0.717) is 17.1 Å². The maximum atomic E-state index is 12.9. The number of hydrogen-bond donors (Lipinski definition) is 0. The van der Waals surface area contributed by atoms with E-state index in [2.05, 4.69) is 0 Å². The molecule has 19 heavy (non-hydrogen) atoms. The van der Waals surface area contributed by atoms with E-state index in [1.165, 1.54) is 26.4 Å². The lowest BCUT2D eigenvalue weighted by atomic mass is 9.99. The van der Waals surface area contributed by atoms with Crippen LogP contribution in [0, 0.1) is 0 Å². The Morgan fingerprint density at radius 2 is 1.68 bits per heavy atom. The Kier molecular flexibility index (Phi) is 3.12. The van der Waals surface area contributed by atoms with Crippen molar-refractivity contribution in [3.05, 3.63) is 23.8 Å². The Labute approximate surface area is 108 Å². The molecule has 1 heterocycles. The molecule has 1 aromatic carbocycles. The van der Waals surface area contributed by atoms with Crippen molar-refractivity contribution in [3.8, 4) is 17.2 Å². The molecule has 0 aromatic heterocycles. The Bertz CT molecular complexity index is 523. The summed E-state index contributed by atoms with van der Waals surface area (Å²) in [6.45, 7) is 0.975. The minimum atomic E-state index is -4.49. The zero-order valence-corrected chi connectivity index (χ0v) is 10.7. The van der Waals surface area contributed by atoms with Gasteiger partial charge in [-0.15, -0.1) is 0 Å². The van der Waals surface area contributed by atoms with Crippen molar-refractivity contribution in [2.75, 3.05) is 14.2 Å². The summed E-state index contributed by atoms with van der Waals surface area (Å²) in [5.41, 5.74) is -1.82. The average molecular weight is 274 g/mol. The molecule has 0 N–H and O–H groups in total. The van der Waals surface area contributed by atoms with E-state index in [1.54, 1.807) is 6.07 Å². The van der Waals surface area contributed by atoms with Crippen LogP contribution in [0.2, 0.25) is 0 Å². The van der Waals surface area contributed by atoms with Crippen molar-refractivity contribution in [2.45, 2.75) is 18.7 Å². The number of fused-ring (bicyclic) bond motifs is 1. The SMILES string of the molecule is COc1cc2c(cc1OC)OC(C)(C(F)(F)F)C=C2. The fourth-order valence-corrected chi connectivity index (χ4v) is 1.76. The molecule has 1 unspecified atom stereocenters. The summed E-state index contributed by atoms with van der Waals surface area (Å²) in [7, 11) is 2.86. The van der Waals surface area contributed by atoms with E-state index in [9.17, 15) is 13.2 Å². The van der Waals surface area contributed by atoms with E-state index < -0.39 is 11.8 Å². The van der Waals surface area contributed by atoms with E-state index in [0.717, 1.165) is 13.0 Å². The molecule has 0 radical (unpaired) electrons. The summed E-state index contributed by atoms with van der Waals surface area (Å²) >= 11 is 0. The van der Waals surface area contributed by atoms with Crippen LogP contribution < -0.4 is 14.2 Å². The predicted octanol–water partition coefficient (Wildman–Crippen LogP) is 3.43. The van der Waals surface area contributed by atoms with Crippen LogP contribution in [0.1, 0.15) is 12.5 Å². The zero-order chi connectivity index (χ0) is 14.3. The highest BCUT2D eigenvalue weighted by atomic mass is 19.4. The van der Waals surface area contributed by atoms with Gasteiger partial charge in [-0.2, -0.15) is 13.2 Å². The molecule has 104 valence electrons. The predicted molar refractivity (Wildman–Crippen MR) is 63.7 cm³/mol. The summed E-state index contributed by atoms with van der Waals surface area (Å²) in [6.07, 6.45) is -2.14. The maximum absolute atomic E-state index is 12.9. The van der Waals surface area contributed by atoms with E-state index in [4.69, 9.17) is 14.2 Å². The third-order valence-corrected chi connectivity index (χ3v) is 2.98. The Hall–Kier alpha value is -1.85. The maximum Gasteiger partial charge on any atom is 0.431 e. The molecule has 0 saturated heterocycles. The van der Waals surface area contributed by atoms with Crippen molar-refractivity contribution in [1.82, 2.24) is 0 Å². The van der Waals surface area contributed by atoms with E-state index in [-0.39, 0.29) is 5.75 Å². The Morgan fingerprint density at radius 3 is 2.21 bits per heavy atom. The van der Waals surface area contributed by atoms with Gasteiger partial charge in [-0.25, -0.2) is 0 Å². The first-order valence-electron chi connectivity index (χ1n) is 5.52. The standard InChI is InChI=1S/C13H13F3O3/c1-12(13(14,15)16)5-4-8-6-10(17-2)11(18-3)7-9(8)19-12/h4-7H,1-3H3. The molecule has 1 aromatic rings. The van der Waals surface area contributed by atoms with Gasteiger partial charge < -0.3 is 14.2 Å². The molecule has 1 atom stereocenters. The number of halogens is 3. The lowest BCUT2D eigenvalue weighted by Crippen LogP contribution is -2.46. The minimum Gasteiger partial charge on any atom is -0.493 e.